The maximum absolute atomic E-state index is 13.3. The number of hydrogen-bond donors (Lipinski definition) is 1. The Kier molecular flexibility index (Phi) is 6.86. The van der Waals surface area contributed by atoms with Gasteiger partial charge < -0.3 is 20.0 Å². The summed E-state index contributed by atoms with van der Waals surface area (Å²) in [5.74, 6) is 0.270. The number of carbonyl (C=O) groups excluding carboxylic acids is 1. The summed E-state index contributed by atoms with van der Waals surface area (Å²) in [7, 11) is 3.36. The second-order valence-corrected chi connectivity index (χ2v) is 9.46. The van der Waals surface area contributed by atoms with Crippen LogP contribution >= 0.6 is 0 Å². The first kappa shape index (κ1) is 25.4. The normalized spacial score (nSPS) is 14.9. The van der Waals surface area contributed by atoms with Gasteiger partial charge in [-0.25, -0.2) is 9.78 Å². The van der Waals surface area contributed by atoms with Crippen molar-refractivity contribution < 1.29 is 22.7 Å². The van der Waals surface area contributed by atoms with Gasteiger partial charge in [0, 0.05) is 27.1 Å². The predicted molar refractivity (Wildman–Crippen MR) is 122 cm³/mol. The molecule has 0 bridgehead atoms. The maximum atomic E-state index is 13.3. The van der Waals surface area contributed by atoms with Crippen LogP contribution in [-0.2, 0) is 23.9 Å². The third-order valence-electron chi connectivity index (χ3n) is 5.34. The quantitative estimate of drug-likeness (QED) is 0.713. The highest BCUT2D eigenvalue weighted by atomic mass is 19.4. The largest absolute Gasteiger partial charge is 0.444 e. The molecule has 1 N–H and O–H groups in total. The van der Waals surface area contributed by atoms with E-state index in [0.29, 0.717) is 29.8 Å². The van der Waals surface area contributed by atoms with Crippen LogP contribution in [0.5, 0.6) is 0 Å². The molecule has 0 saturated heterocycles. The molecule has 34 heavy (non-hydrogen) atoms. The first-order valence-electron chi connectivity index (χ1n) is 10.9. The van der Waals surface area contributed by atoms with E-state index in [1.807, 2.05) is 0 Å². The van der Waals surface area contributed by atoms with Crippen LogP contribution in [0.25, 0.3) is 0 Å². The highest BCUT2D eigenvalue weighted by Gasteiger charge is 2.31. The summed E-state index contributed by atoms with van der Waals surface area (Å²) >= 11 is 0. The monoisotopic (exact) mass is 481 g/mol. The number of ether oxygens (including phenoxy) is 1. The fourth-order valence-electron chi connectivity index (χ4n) is 3.65. The number of rotatable bonds is 4. The number of carbonyl (C=O) groups is 1. The minimum Gasteiger partial charge on any atom is -0.444 e. The van der Waals surface area contributed by atoms with Crippen molar-refractivity contribution in [3.63, 3.8) is 0 Å². The van der Waals surface area contributed by atoms with Gasteiger partial charge in [-0.15, -0.1) is 0 Å². The molecule has 1 aliphatic heterocycles. The van der Waals surface area contributed by atoms with Crippen molar-refractivity contribution in [2.24, 2.45) is 0 Å². The molecule has 0 fully saturated rings. The number of halogens is 3. The molecule has 0 aliphatic carbocycles. The zero-order valence-electron chi connectivity index (χ0n) is 20.2. The van der Waals surface area contributed by atoms with Crippen LogP contribution in [0.3, 0.4) is 0 Å². The van der Waals surface area contributed by atoms with Crippen LogP contribution in [0, 0.1) is 0 Å². The summed E-state index contributed by atoms with van der Waals surface area (Å²) in [5, 5.41) is 4.71. The Bertz CT molecular complexity index is 1110. The third kappa shape index (κ3) is 5.63. The van der Waals surface area contributed by atoms with Crippen molar-refractivity contribution in [3.05, 3.63) is 57.0 Å². The molecule has 1 aliphatic rings. The van der Waals surface area contributed by atoms with Crippen molar-refractivity contribution in [1.82, 2.24) is 14.6 Å². The first-order valence-corrected chi connectivity index (χ1v) is 10.9. The van der Waals surface area contributed by atoms with Crippen LogP contribution in [0.1, 0.15) is 56.1 Å². The van der Waals surface area contributed by atoms with Crippen molar-refractivity contribution in [1.29, 1.82) is 0 Å². The molecule has 0 unspecified atom stereocenters. The second kappa shape index (κ2) is 9.19. The molecule has 0 saturated carbocycles. The fourth-order valence-corrected chi connectivity index (χ4v) is 3.65. The van der Waals surface area contributed by atoms with Gasteiger partial charge in [0.15, 0.2) is 0 Å². The third-order valence-corrected chi connectivity index (χ3v) is 5.34. The fraction of sp³-hybridized carbons (Fsp3) is 0.522. The highest BCUT2D eigenvalue weighted by molar-refractivity contribution is 5.68. The van der Waals surface area contributed by atoms with Gasteiger partial charge in [0.05, 0.1) is 29.4 Å². The van der Waals surface area contributed by atoms with Crippen LogP contribution in [0.15, 0.2) is 29.1 Å². The van der Waals surface area contributed by atoms with Crippen LogP contribution in [0.2, 0.25) is 0 Å². The summed E-state index contributed by atoms with van der Waals surface area (Å²) in [6.07, 6.45) is -4.53. The average molecular weight is 482 g/mol. The molecule has 11 heteroatoms. The molecular formula is C23H30F3N5O3. The summed E-state index contributed by atoms with van der Waals surface area (Å²) in [6, 6.07) is 4.43. The lowest BCUT2D eigenvalue weighted by Gasteiger charge is -2.32. The summed E-state index contributed by atoms with van der Waals surface area (Å²) < 4.78 is 45.4. The number of anilines is 1. The topological polar surface area (TPSA) is 79.7 Å². The van der Waals surface area contributed by atoms with E-state index in [1.54, 1.807) is 46.8 Å². The SMILES string of the molecule is C[C@H](Nc1nc2c(c(=O)n1N(C)C)CN(C(=O)OC(C)(C)C)CC2)c1ccc(C(F)(F)F)cc1. The van der Waals surface area contributed by atoms with Gasteiger partial charge in [0.1, 0.15) is 5.60 Å². The minimum absolute atomic E-state index is 0.0820. The molecule has 2 heterocycles. The number of nitrogens with zero attached hydrogens (tertiary/aromatic N) is 4. The van der Waals surface area contributed by atoms with Gasteiger partial charge in [0.25, 0.3) is 5.56 Å². The second-order valence-electron chi connectivity index (χ2n) is 9.46. The first-order chi connectivity index (χ1) is 15.7. The van der Waals surface area contributed by atoms with E-state index in [1.165, 1.54) is 21.7 Å². The zero-order valence-corrected chi connectivity index (χ0v) is 20.2. The number of alkyl halides is 3. The molecule has 1 aromatic heterocycles. The smallest absolute Gasteiger partial charge is 0.416 e. The van der Waals surface area contributed by atoms with Gasteiger partial charge in [-0.1, -0.05) is 12.1 Å². The molecular weight excluding hydrogens is 451 g/mol. The van der Waals surface area contributed by atoms with Crippen molar-refractivity contribution >= 4 is 12.0 Å². The number of amides is 1. The van der Waals surface area contributed by atoms with Crippen LogP contribution in [0.4, 0.5) is 23.9 Å². The maximum Gasteiger partial charge on any atom is 0.416 e. The van der Waals surface area contributed by atoms with E-state index in [4.69, 9.17) is 4.74 Å². The van der Waals surface area contributed by atoms with Gasteiger partial charge in [-0.2, -0.15) is 17.8 Å². The molecule has 1 aromatic carbocycles. The van der Waals surface area contributed by atoms with E-state index in [0.717, 1.165) is 12.1 Å². The number of fused-ring (bicyclic) bond motifs is 1. The van der Waals surface area contributed by atoms with Gasteiger partial charge in [0.2, 0.25) is 5.95 Å². The Morgan fingerprint density at radius 1 is 1.18 bits per heavy atom. The lowest BCUT2D eigenvalue weighted by atomic mass is 10.1. The average Bonchev–Trinajstić information content (AvgIpc) is 2.71. The number of benzene rings is 1. The van der Waals surface area contributed by atoms with Crippen molar-refractivity contribution in [2.45, 2.75) is 58.5 Å². The minimum atomic E-state index is -4.41. The Labute approximate surface area is 196 Å². The van der Waals surface area contributed by atoms with E-state index in [-0.39, 0.29) is 18.1 Å². The Balaban J connectivity index is 1.88. The zero-order chi connectivity index (χ0) is 25.4. The molecule has 0 spiro atoms. The van der Waals surface area contributed by atoms with Crippen molar-refractivity contribution in [2.75, 3.05) is 31.0 Å². The number of aromatic nitrogens is 2. The van der Waals surface area contributed by atoms with E-state index in [9.17, 15) is 22.8 Å². The molecule has 0 radical (unpaired) electrons. The van der Waals surface area contributed by atoms with E-state index in [2.05, 4.69) is 10.3 Å². The summed E-state index contributed by atoms with van der Waals surface area (Å²) in [4.78, 5) is 31.9. The molecule has 1 amide bonds. The summed E-state index contributed by atoms with van der Waals surface area (Å²) in [5.41, 5.74) is -0.118. The van der Waals surface area contributed by atoms with Crippen LogP contribution in [-0.4, -0.2) is 46.9 Å². The number of hydrogen-bond acceptors (Lipinski definition) is 6. The molecule has 2 aromatic rings. The summed E-state index contributed by atoms with van der Waals surface area (Å²) in [6.45, 7) is 7.54. The highest BCUT2D eigenvalue weighted by Crippen LogP contribution is 2.30. The van der Waals surface area contributed by atoms with Crippen LogP contribution < -0.4 is 15.9 Å². The standard InChI is InChI=1S/C23H30F3N5O3/c1-14(15-7-9-16(10-8-15)23(24,25)26)27-20-28-18-11-12-30(21(33)34-22(2,3)4)13-17(18)19(32)31(20)29(5)6/h7-10,14H,11-13H2,1-6H3,(H,27,28)/t14-/m0/s1. The molecule has 1 atom stereocenters. The molecule has 8 nitrogen and oxygen atoms in total. The van der Waals surface area contributed by atoms with Crippen molar-refractivity contribution in [3.8, 4) is 0 Å². The number of nitrogens with one attached hydrogen (secondary N) is 1. The van der Waals surface area contributed by atoms with Gasteiger partial charge in [-0.05, 0) is 45.4 Å². The molecule has 186 valence electrons. The Morgan fingerprint density at radius 3 is 2.32 bits per heavy atom. The molecule has 3 rings (SSSR count). The predicted octanol–water partition coefficient (Wildman–Crippen LogP) is 3.93. The lowest BCUT2D eigenvalue weighted by molar-refractivity contribution is -0.137. The Hall–Kier alpha value is -3.24. The van der Waals surface area contributed by atoms with E-state index >= 15 is 0 Å². The van der Waals surface area contributed by atoms with E-state index < -0.39 is 29.5 Å². The van der Waals surface area contributed by atoms with Gasteiger partial charge >= 0.3 is 12.3 Å². The van der Waals surface area contributed by atoms with Gasteiger partial charge in [-0.3, -0.25) is 4.79 Å². The lowest BCUT2D eigenvalue weighted by Crippen LogP contribution is -2.46. The Morgan fingerprint density at radius 2 is 1.79 bits per heavy atom.